The van der Waals surface area contributed by atoms with Crippen LogP contribution in [0.2, 0.25) is 0 Å². The van der Waals surface area contributed by atoms with Gasteiger partial charge in [0, 0.05) is 13.1 Å². The molecule has 0 unspecified atom stereocenters. The molecule has 0 aliphatic heterocycles. The monoisotopic (exact) mass is 406 g/mol. The van der Waals surface area contributed by atoms with Crippen molar-refractivity contribution in [2.24, 2.45) is 0 Å². The summed E-state index contributed by atoms with van der Waals surface area (Å²) < 4.78 is 10.3. The molecule has 0 spiro atoms. The van der Waals surface area contributed by atoms with Crippen LogP contribution in [-0.2, 0) is 16.1 Å². The second-order valence-electron chi connectivity index (χ2n) is 6.45. The first-order valence-electron chi connectivity index (χ1n) is 9.51. The number of anilines is 1. The Bertz CT molecular complexity index is 999. The number of nitrogens with one attached hydrogen (secondary N) is 1. The molecule has 2 amide bonds. The molecule has 7 nitrogen and oxygen atoms in total. The first kappa shape index (κ1) is 20.9. The number of benzene rings is 2. The van der Waals surface area contributed by atoms with Crippen LogP contribution in [0.5, 0.6) is 0 Å². The predicted octanol–water partition coefficient (Wildman–Crippen LogP) is 3.74. The smallest absolute Gasteiger partial charge is 0.340 e. The molecule has 1 aromatic heterocycles. The molecular weight excluding hydrogens is 384 g/mol. The maximum absolute atomic E-state index is 12.5. The van der Waals surface area contributed by atoms with Crippen LogP contribution >= 0.6 is 0 Å². The van der Waals surface area contributed by atoms with Crippen molar-refractivity contribution in [1.29, 1.82) is 0 Å². The lowest BCUT2D eigenvalue weighted by molar-refractivity contribution is -0.134. The van der Waals surface area contributed by atoms with Gasteiger partial charge in [-0.25, -0.2) is 4.79 Å². The molecule has 0 bridgehead atoms. The standard InChI is InChI=1S/C23H22N2O5/c1-2-25(15-17-9-4-3-5-10-17)21(26)16-30-23(28)18-11-6-7-12-19(18)24-22(27)20-13-8-14-29-20/h3-14H,2,15-16H2,1H3,(H,24,27). The summed E-state index contributed by atoms with van der Waals surface area (Å²) in [6.07, 6.45) is 1.38. The maximum Gasteiger partial charge on any atom is 0.340 e. The van der Waals surface area contributed by atoms with Gasteiger partial charge in [-0.05, 0) is 36.8 Å². The Hall–Kier alpha value is -3.87. The molecule has 2 aromatic carbocycles. The topological polar surface area (TPSA) is 88.9 Å². The predicted molar refractivity (Wildman–Crippen MR) is 111 cm³/mol. The molecule has 0 fully saturated rings. The summed E-state index contributed by atoms with van der Waals surface area (Å²) >= 11 is 0. The van der Waals surface area contributed by atoms with Crippen molar-refractivity contribution >= 4 is 23.5 Å². The summed E-state index contributed by atoms with van der Waals surface area (Å²) in [4.78, 5) is 38.8. The molecule has 0 saturated carbocycles. The van der Waals surface area contributed by atoms with Crippen molar-refractivity contribution < 1.29 is 23.5 Å². The Labute approximate surface area is 174 Å². The zero-order valence-electron chi connectivity index (χ0n) is 16.5. The summed E-state index contributed by atoms with van der Waals surface area (Å²) in [6.45, 7) is 2.40. The van der Waals surface area contributed by atoms with Gasteiger partial charge >= 0.3 is 5.97 Å². The highest BCUT2D eigenvalue weighted by molar-refractivity contribution is 6.06. The van der Waals surface area contributed by atoms with Gasteiger partial charge in [0.25, 0.3) is 11.8 Å². The normalized spacial score (nSPS) is 10.3. The second-order valence-corrected chi connectivity index (χ2v) is 6.45. The van der Waals surface area contributed by atoms with Gasteiger partial charge in [-0.3, -0.25) is 9.59 Å². The van der Waals surface area contributed by atoms with Crippen molar-refractivity contribution in [1.82, 2.24) is 4.90 Å². The van der Waals surface area contributed by atoms with Gasteiger partial charge in [-0.15, -0.1) is 0 Å². The summed E-state index contributed by atoms with van der Waals surface area (Å²) in [5, 5.41) is 2.62. The van der Waals surface area contributed by atoms with Crippen LogP contribution in [0.4, 0.5) is 5.69 Å². The third-order valence-corrected chi connectivity index (χ3v) is 4.42. The molecule has 154 valence electrons. The number of amides is 2. The minimum Gasteiger partial charge on any atom is -0.459 e. The summed E-state index contributed by atoms with van der Waals surface area (Å²) in [5.41, 5.74) is 1.41. The minimum atomic E-state index is -0.700. The van der Waals surface area contributed by atoms with Crippen LogP contribution in [0.25, 0.3) is 0 Å². The number of nitrogens with zero attached hydrogens (tertiary/aromatic N) is 1. The van der Waals surface area contributed by atoms with Gasteiger partial charge in [0.1, 0.15) is 0 Å². The van der Waals surface area contributed by atoms with Gasteiger partial charge in [-0.1, -0.05) is 42.5 Å². The minimum absolute atomic E-state index is 0.118. The number of ether oxygens (including phenoxy) is 1. The van der Waals surface area contributed by atoms with Gasteiger partial charge in [0.15, 0.2) is 12.4 Å². The lowest BCUT2D eigenvalue weighted by atomic mass is 10.1. The highest BCUT2D eigenvalue weighted by Gasteiger charge is 2.19. The fourth-order valence-electron chi connectivity index (χ4n) is 2.84. The molecule has 7 heteroatoms. The Kier molecular flexibility index (Phi) is 7.00. The van der Waals surface area contributed by atoms with E-state index in [9.17, 15) is 14.4 Å². The van der Waals surface area contributed by atoms with E-state index in [-0.39, 0.29) is 29.5 Å². The van der Waals surface area contributed by atoms with E-state index in [1.54, 1.807) is 29.2 Å². The molecule has 1 N–H and O–H groups in total. The average Bonchev–Trinajstić information content (AvgIpc) is 3.32. The van der Waals surface area contributed by atoms with Crippen molar-refractivity contribution in [3.05, 3.63) is 89.9 Å². The van der Waals surface area contributed by atoms with E-state index < -0.39 is 11.9 Å². The number of esters is 1. The van der Waals surface area contributed by atoms with Gasteiger partial charge in [0.05, 0.1) is 17.5 Å². The number of carbonyl (C=O) groups excluding carboxylic acids is 3. The highest BCUT2D eigenvalue weighted by atomic mass is 16.5. The molecule has 0 saturated heterocycles. The number of furan rings is 1. The third-order valence-electron chi connectivity index (χ3n) is 4.42. The number of carbonyl (C=O) groups is 3. The first-order valence-corrected chi connectivity index (χ1v) is 9.51. The van der Waals surface area contributed by atoms with E-state index in [0.29, 0.717) is 13.1 Å². The largest absolute Gasteiger partial charge is 0.459 e. The van der Waals surface area contributed by atoms with Crippen LogP contribution in [0, 0.1) is 0 Å². The van der Waals surface area contributed by atoms with Crippen molar-refractivity contribution in [3.8, 4) is 0 Å². The van der Waals surface area contributed by atoms with E-state index in [1.165, 1.54) is 18.4 Å². The average molecular weight is 406 g/mol. The molecule has 0 radical (unpaired) electrons. The summed E-state index contributed by atoms with van der Waals surface area (Å²) in [5.74, 6) is -1.37. The molecule has 0 aliphatic rings. The molecule has 30 heavy (non-hydrogen) atoms. The van der Waals surface area contributed by atoms with Gasteiger partial charge < -0.3 is 19.4 Å². The lowest BCUT2D eigenvalue weighted by Crippen LogP contribution is -2.34. The fraction of sp³-hybridized carbons (Fsp3) is 0.174. The number of hydrogen-bond donors (Lipinski definition) is 1. The third kappa shape index (κ3) is 5.35. The van der Waals surface area contributed by atoms with E-state index in [2.05, 4.69) is 5.32 Å². The van der Waals surface area contributed by atoms with E-state index in [4.69, 9.17) is 9.15 Å². The van der Waals surface area contributed by atoms with Crippen molar-refractivity contribution in [2.45, 2.75) is 13.5 Å². The number of hydrogen-bond acceptors (Lipinski definition) is 5. The molecular formula is C23H22N2O5. The Morgan fingerprint density at radius 1 is 0.967 bits per heavy atom. The lowest BCUT2D eigenvalue weighted by Gasteiger charge is -2.21. The zero-order valence-corrected chi connectivity index (χ0v) is 16.5. The van der Waals surface area contributed by atoms with Gasteiger partial charge in [-0.2, -0.15) is 0 Å². The van der Waals surface area contributed by atoms with Crippen LogP contribution in [-0.4, -0.2) is 35.8 Å². The number of rotatable bonds is 8. The van der Waals surface area contributed by atoms with Gasteiger partial charge in [0.2, 0.25) is 0 Å². The van der Waals surface area contributed by atoms with Crippen LogP contribution in [0.3, 0.4) is 0 Å². The Morgan fingerprint density at radius 2 is 1.70 bits per heavy atom. The van der Waals surface area contributed by atoms with E-state index in [1.807, 2.05) is 37.3 Å². The van der Waals surface area contributed by atoms with Crippen molar-refractivity contribution in [2.75, 3.05) is 18.5 Å². The van der Waals surface area contributed by atoms with E-state index >= 15 is 0 Å². The molecule has 1 heterocycles. The van der Waals surface area contributed by atoms with Crippen LogP contribution < -0.4 is 5.32 Å². The Balaban J connectivity index is 1.61. The van der Waals surface area contributed by atoms with Crippen molar-refractivity contribution in [3.63, 3.8) is 0 Å². The van der Waals surface area contributed by atoms with Crippen LogP contribution in [0.1, 0.15) is 33.4 Å². The molecule has 0 atom stereocenters. The summed E-state index contributed by atoms with van der Waals surface area (Å²) in [7, 11) is 0. The SMILES string of the molecule is CCN(Cc1ccccc1)C(=O)COC(=O)c1ccccc1NC(=O)c1ccco1. The number of para-hydroxylation sites is 1. The quantitative estimate of drug-likeness (QED) is 0.576. The van der Waals surface area contributed by atoms with Crippen LogP contribution in [0.15, 0.2) is 77.4 Å². The van der Waals surface area contributed by atoms with E-state index in [0.717, 1.165) is 5.56 Å². The fourth-order valence-corrected chi connectivity index (χ4v) is 2.84. The maximum atomic E-state index is 12.5. The summed E-state index contributed by atoms with van der Waals surface area (Å²) in [6, 6.07) is 19.1. The molecule has 0 aliphatic carbocycles. The first-order chi connectivity index (χ1) is 14.6. The molecule has 3 aromatic rings. The highest BCUT2D eigenvalue weighted by Crippen LogP contribution is 2.18. The zero-order chi connectivity index (χ0) is 21.3. The Morgan fingerprint density at radius 3 is 2.40 bits per heavy atom. The second kappa shape index (κ2) is 10.1. The molecule has 3 rings (SSSR count). The number of likely N-dealkylation sites (N-methyl/N-ethyl adjacent to an activating group) is 1.